The zero-order valence-electron chi connectivity index (χ0n) is 18.2. The maximum Gasteiger partial charge on any atom is 0.257 e. The summed E-state index contributed by atoms with van der Waals surface area (Å²) in [6.07, 6.45) is 8.91. The minimum absolute atomic E-state index is 0.00336. The molecule has 1 atom stereocenters. The molecule has 1 aromatic rings. The number of carbonyl (C=O) groups excluding carboxylic acids is 1. The molecule has 1 saturated heterocycles. The molecule has 3 rings (SSSR count). The van der Waals surface area contributed by atoms with Gasteiger partial charge in [-0.05, 0) is 57.7 Å². The summed E-state index contributed by atoms with van der Waals surface area (Å²) in [6.45, 7) is 7.26. The number of amides is 1. The summed E-state index contributed by atoms with van der Waals surface area (Å²) in [4.78, 5) is 17.5. The maximum absolute atomic E-state index is 13.4. The fourth-order valence-corrected chi connectivity index (χ4v) is 4.60. The van der Waals surface area contributed by atoms with Gasteiger partial charge in [-0.15, -0.1) is 0 Å². The van der Waals surface area contributed by atoms with Gasteiger partial charge in [0.25, 0.3) is 5.91 Å². The first-order chi connectivity index (χ1) is 13.9. The van der Waals surface area contributed by atoms with Crippen LogP contribution in [-0.2, 0) is 6.42 Å². The van der Waals surface area contributed by atoms with Gasteiger partial charge < -0.3 is 20.0 Å². The van der Waals surface area contributed by atoms with Gasteiger partial charge in [0.1, 0.15) is 11.5 Å². The molecule has 1 amide bonds. The molecular weight excluding hydrogens is 364 g/mol. The van der Waals surface area contributed by atoms with Crippen molar-refractivity contribution in [2.45, 2.75) is 64.7 Å². The molecule has 1 aliphatic heterocycles. The summed E-state index contributed by atoms with van der Waals surface area (Å²) >= 11 is 0. The van der Waals surface area contributed by atoms with Crippen LogP contribution in [0.15, 0.2) is 17.7 Å². The van der Waals surface area contributed by atoms with E-state index in [9.17, 15) is 15.0 Å². The second-order valence-corrected chi connectivity index (χ2v) is 8.76. The predicted octanol–water partition coefficient (Wildman–Crippen LogP) is 4.43. The van der Waals surface area contributed by atoms with Crippen LogP contribution in [0.4, 0.5) is 0 Å². The van der Waals surface area contributed by atoms with Crippen LogP contribution >= 0.6 is 0 Å². The molecule has 0 aromatic heterocycles. The largest absolute Gasteiger partial charge is 0.507 e. The Bertz CT molecular complexity index is 764. The van der Waals surface area contributed by atoms with E-state index in [0.29, 0.717) is 30.6 Å². The van der Waals surface area contributed by atoms with Gasteiger partial charge in [0.15, 0.2) is 0 Å². The first-order valence-electron chi connectivity index (χ1n) is 11.1. The highest BCUT2D eigenvalue weighted by molar-refractivity contribution is 5.99. The van der Waals surface area contributed by atoms with E-state index in [0.717, 1.165) is 57.2 Å². The summed E-state index contributed by atoms with van der Waals surface area (Å²) in [5, 5.41) is 22.0. The summed E-state index contributed by atoms with van der Waals surface area (Å²) < 4.78 is 0. The van der Waals surface area contributed by atoms with Crippen molar-refractivity contribution < 1.29 is 15.0 Å². The van der Waals surface area contributed by atoms with Gasteiger partial charge in [0.2, 0.25) is 0 Å². The Hall–Kier alpha value is -2.01. The second kappa shape index (κ2) is 9.66. The van der Waals surface area contributed by atoms with Gasteiger partial charge in [-0.1, -0.05) is 31.4 Å². The zero-order valence-corrected chi connectivity index (χ0v) is 18.2. The smallest absolute Gasteiger partial charge is 0.257 e. The first kappa shape index (κ1) is 21.7. The zero-order chi connectivity index (χ0) is 21.0. The minimum atomic E-state index is -0.0974. The number of piperazine rings is 1. The van der Waals surface area contributed by atoms with Crippen molar-refractivity contribution in [1.82, 2.24) is 9.80 Å². The summed E-state index contributed by atoms with van der Waals surface area (Å²) in [6, 6.07) is 1.74. The van der Waals surface area contributed by atoms with E-state index in [4.69, 9.17) is 0 Å². The third-order valence-corrected chi connectivity index (χ3v) is 6.40. The Balaban J connectivity index is 2.01. The lowest BCUT2D eigenvalue weighted by Crippen LogP contribution is -2.47. The van der Waals surface area contributed by atoms with Crippen LogP contribution in [0.1, 0.15) is 79.8 Å². The summed E-state index contributed by atoms with van der Waals surface area (Å²) in [7, 11) is 2.06. The molecule has 5 heteroatoms. The number of likely N-dealkylation sites (N-methyl/N-ethyl adjacent to an activating group) is 1. The monoisotopic (exact) mass is 400 g/mol. The molecular formula is C24H36N2O3. The lowest BCUT2D eigenvalue weighted by Gasteiger charge is -2.33. The standard InChI is InChI=1S/C24H36N2O3/c1-4-5-6-9-19-16-20(27)21(18-10-7-8-17(2)15-18)23(28)22(19)24(29)26-13-11-25(3)12-14-26/h15-16,18,27-28H,4-14H2,1-3H3. The van der Waals surface area contributed by atoms with Gasteiger partial charge in [-0.25, -0.2) is 0 Å². The van der Waals surface area contributed by atoms with Gasteiger partial charge in [0.05, 0.1) is 5.56 Å². The fraction of sp³-hybridized carbons (Fsp3) is 0.625. The lowest BCUT2D eigenvalue weighted by molar-refractivity contribution is 0.0659. The molecule has 0 radical (unpaired) electrons. The fourth-order valence-electron chi connectivity index (χ4n) is 4.60. The van der Waals surface area contributed by atoms with Gasteiger partial charge in [-0.2, -0.15) is 0 Å². The molecule has 2 aliphatic rings. The molecule has 1 fully saturated rings. The van der Waals surface area contributed by atoms with Crippen LogP contribution < -0.4 is 0 Å². The van der Waals surface area contributed by atoms with Crippen LogP contribution in [0, 0.1) is 0 Å². The Labute approximate surface area is 175 Å². The molecule has 29 heavy (non-hydrogen) atoms. The van der Waals surface area contributed by atoms with Gasteiger partial charge in [-0.3, -0.25) is 4.79 Å². The summed E-state index contributed by atoms with van der Waals surface area (Å²) in [5.41, 5.74) is 2.99. The number of phenols is 2. The van der Waals surface area contributed by atoms with Crippen molar-refractivity contribution in [3.8, 4) is 11.5 Å². The number of unbranched alkanes of at least 4 members (excludes halogenated alkanes) is 2. The number of nitrogens with zero attached hydrogens (tertiary/aromatic N) is 2. The Morgan fingerprint density at radius 1 is 1.17 bits per heavy atom. The maximum atomic E-state index is 13.4. The summed E-state index contributed by atoms with van der Waals surface area (Å²) in [5.74, 6) is -0.0106. The molecule has 1 aliphatic carbocycles. The average Bonchev–Trinajstić information content (AvgIpc) is 2.68. The molecule has 5 nitrogen and oxygen atoms in total. The third kappa shape index (κ3) is 4.95. The normalized spacial score (nSPS) is 20.6. The molecule has 0 spiro atoms. The highest BCUT2D eigenvalue weighted by atomic mass is 16.3. The first-order valence-corrected chi connectivity index (χ1v) is 11.1. The van der Waals surface area contributed by atoms with E-state index < -0.39 is 0 Å². The van der Waals surface area contributed by atoms with E-state index >= 15 is 0 Å². The molecule has 160 valence electrons. The highest BCUT2D eigenvalue weighted by Crippen LogP contribution is 2.44. The highest BCUT2D eigenvalue weighted by Gasteiger charge is 2.30. The number of aromatic hydroxyl groups is 2. The van der Waals surface area contributed by atoms with Crippen LogP contribution in [0.2, 0.25) is 0 Å². The van der Waals surface area contributed by atoms with Crippen molar-refractivity contribution in [3.63, 3.8) is 0 Å². The molecule has 0 saturated carbocycles. The Morgan fingerprint density at radius 3 is 2.55 bits per heavy atom. The minimum Gasteiger partial charge on any atom is -0.507 e. The average molecular weight is 401 g/mol. The van der Waals surface area contributed by atoms with Gasteiger partial charge in [0, 0.05) is 37.7 Å². The second-order valence-electron chi connectivity index (χ2n) is 8.76. The van der Waals surface area contributed by atoms with E-state index in [1.807, 2.05) is 4.90 Å². The predicted molar refractivity (Wildman–Crippen MR) is 117 cm³/mol. The number of hydrogen-bond donors (Lipinski definition) is 2. The number of phenolic OH excluding ortho intramolecular Hbond substituents is 2. The van der Waals surface area contributed by atoms with Crippen molar-refractivity contribution in [3.05, 3.63) is 34.4 Å². The lowest BCUT2D eigenvalue weighted by atomic mass is 9.83. The number of carbonyl (C=O) groups is 1. The van der Waals surface area contributed by atoms with Crippen LogP contribution in [-0.4, -0.2) is 59.1 Å². The molecule has 2 N–H and O–H groups in total. The Kier molecular flexibility index (Phi) is 7.23. The van der Waals surface area contributed by atoms with Crippen LogP contribution in [0.25, 0.3) is 0 Å². The van der Waals surface area contributed by atoms with E-state index in [1.54, 1.807) is 6.07 Å². The number of rotatable bonds is 6. The van der Waals surface area contributed by atoms with Crippen molar-refractivity contribution in [1.29, 1.82) is 0 Å². The quantitative estimate of drug-likeness (QED) is 0.548. The van der Waals surface area contributed by atoms with Crippen LogP contribution in [0.3, 0.4) is 0 Å². The van der Waals surface area contributed by atoms with E-state index in [2.05, 4.69) is 31.9 Å². The molecule has 1 aromatic carbocycles. The van der Waals surface area contributed by atoms with Gasteiger partial charge >= 0.3 is 0 Å². The SMILES string of the molecule is CCCCCc1cc(O)c(C2C=C(C)CCC2)c(O)c1C(=O)N1CCN(C)CC1. The number of aryl methyl sites for hydroxylation is 1. The van der Waals surface area contributed by atoms with Crippen LogP contribution in [0.5, 0.6) is 11.5 Å². The van der Waals surface area contributed by atoms with E-state index in [-0.39, 0.29) is 23.3 Å². The topological polar surface area (TPSA) is 64.0 Å². The van der Waals surface area contributed by atoms with Crippen molar-refractivity contribution in [2.75, 3.05) is 33.2 Å². The van der Waals surface area contributed by atoms with Crippen molar-refractivity contribution in [2.24, 2.45) is 0 Å². The third-order valence-electron chi connectivity index (χ3n) is 6.40. The molecule has 1 heterocycles. The molecule has 1 unspecified atom stereocenters. The Morgan fingerprint density at radius 2 is 1.90 bits per heavy atom. The van der Waals surface area contributed by atoms with E-state index in [1.165, 1.54) is 5.57 Å². The number of benzene rings is 1. The molecule has 0 bridgehead atoms. The number of hydrogen-bond acceptors (Lipinski definition) is 4. The number of allylic oxidation sites excluding steroid dienone is 2. The van der Waals surface area contributed by atoms with Crippen molar-refractivity contribution >= 4 is 5.91 Å².